The van der Waals surface area contributed by atoms with Gasteiger partial charge in [-0.3, -0.25) is 9.59 Å². The second-order valence-electron chi connectivity index (χ2n) is 13.5. The molecule has 9 heteroatoms. The minimum Gasteiger partial charge on any atom is -0.486 e. The third-order valence-corrected chi connectivity index (χ3v) is 10.6. The maximum absolute atomic E-state index is 14.4. The summed E-state index contributed by atoms with van der Waals surface area (Å²) in [5, 5.41) is 1.74. The Hall–Kier alpha value is -5.02. The molecule has 0 saturated heterocycles. The van der Waals surface area contributed by atoms with Crippen molar-refractivity contribution in [3.8, 4) is 22.8 Å². The minimum atomic E-state index is -0.853. The van der Waals surface area contributed by atoms with Crippen LogP contribution in [0, 0.1) is 11.3 Å². The van der Waals surface area contributed by atoms with E-state index in [1.807, 2.05) is 69.3 Å². The van der Waals surface area contributed by atoms with E-state index in [9.17, 15) is 9.59 Å². The van der Waals surface area contributed by atoms with Gasteiger partial charge in [-0.05, 0) is 81.1 Å². The van der Waals surface area contributed by atoms with Gasteiger partial charge < -0.3 is 18.8 Å². The maximum atomic E-state index is 14.4. The molecule has 3 aromatic heterocycles. The van der Waals surface area contributed by atoms with Crippen molar-refractivity contribution < 1.29 is 23.8 Å². The zero-order valence-electron chi connectivity index (χ0n) is 28.9. The van der Waals surface area contributed by atoms with E-state index in [0.29, 0.717) is 43.4 Å². The third-order valence-electron chi connectivity index (χ3n) is 9.58. The number of esters is 1. The molecule has 0 radical (unpaired) electrons. The summed E-state index contributed by atoms with van der Waals surface area (Å²) < 4.78 is 20.4. The molecule has 3 heterocycles. The van der Waals surface area contributed by atoms with Crippen LogP contribution < -0.4 is 9.47 Å². The van der Waals surface area contributed by atoms with Gasteiger partial charge in [0.2, 0.25) is 5.88 Å². The molecule has 0 atom stereocenters. The first-order chi connectivity index (χ1) is 24.2. The summed E-state index contributed by atoms with van der Waals surface area (Å²) in [6.45, 7) is 6.76. The van der Waals surface area contributed by atoms with Crippen LogP contribution in [0.25, 0.3) is 32.2 Å². The predicted molar refractivity (Wildman–Crippen MR) is 197 cm³/mol. The van der Waals surface area contributed by atoms with Gasteiger partial charge in [0.15, 0.2) is 5.78 Å². The summed E-state index contributed by atoms with van der Waals surface area (Å²) in [4.78, 5) is 36.7. The van der Waals surface area contributed by atoms with E-state index in [1.165, 1.54) is 0 Å². The first-order valence-electron chi connectivity index (χ1n) is 17.2. The van der Waals surface area contributed by atoms with Gasteiger partial charge in [-0.25, -0.2) is 9.97 Å². The number of carbonyl (C=O) groups excluding carboxylic acids is 2. The highest BCUT2D eigenvalue weighted by atomic mass is 32.1. The van der Waals surface area contributed by atoms with Crippen molar-refractivity contribution in [2.24, 2.45) is 11.3 Å². The molecule has 7 rings (SSSR count). The number of aromatic nitrogens is 3. The number of nitrogens with zero attached hydrogens (tertiary/aromatic N) is 3. The lowest BCUT2D eigenvalue weighted by atomic mass is 9.78. The van der Waals surface area contributed by atoms with Crippen molar-refractivity contribution in [3.05, 3.63) is 107 Å². The average Bonchev–Trinajstić information content (AvgIpc) is 3.65. The van der Waals surface area contributed by atoms with Gasteiger partial charge in [0.1, 0.15) is 17.4 Å². The van der Waals surface area contributed by atoms with Crippen molar-refractivity contribution in [3.63, 3.8) is 0 Å². The quantitative estimate of drug-likeness (QED) is 0.0884. The predicted octanol–water partition coefficient (Wildman–Crippen LogP) is 9.06. The number of ether oxygens (including phenoxy) is 3. The van der Waals surface area contributed by atoms with E-state index in [0.717, 1.165) is 67.8 Å². The monoisotopic (exact) mass is 687 g/mol. The molecule has 1 fully saturated rings. The SMILES string of the molecule is CCOC(=O)C(C)(C)Cc1c(C(=O)C2CCC2)c2cc(OCc3nc4ccccc4s3)ccc2n1Cc1ccc(-c2ccc(OC)nc2)cc1. The second-order valence-corrected chi connectivity index (χ2v) is 14.6. The van der Waals surface area contributed by atoms with E-state index in [-0.39, 0.29) is 17.7 Å². The summed E-state index contributed by atoms with van der Waals surface area (Å²) in [6.07, 6.45) is 4.96. The van der Waals surface area contributed by atoms with Crippen LogP contribution in [-0.4, -0.2) is 40.0 Å². The molecule has 8 nitrogen and oxygen atoms in total. The maximum Gasteiger partial charge on any atom is 0.311 e. The fraction of sp³-hybridized carbons (Fsp3) is 0.317. The molecule has 6 aromatic rings. The Kier molecular flexibility index (Phi) is 9.42. The van der Waals surface area contributed by atoms with E-state index in [1.54, 1.807) is 24.6 Å². The molecule has 3 aromatic carbocycles. The molecule has 256 valence electrons. The molecular formula is C41H41N3O5S. The van der Waals surface area contributed by atoms with E-state index < -0.39 is 5.41 Å². The van der Waals surface area contributed by atoms with Crippen LogP contribution in [0.2, 0.25) is 0 Å². The Morgan fingerprint density at radius 1 is 0.980 bits per heavy atom. The number of carbonyl (C=O) groups is 2. The Balaban J connectivity index is 1.29. The number of hydrogen-bond acceptors (Lipinski definition) is 8. The van der Waals surface area contributed by atoms with Gasteiger partial charge in [0.05, 0.1) is 29.3 Å². The van der Waals surface area contributed by atoms with Gasteiger partial charge in [-0.1, -0.05) is 42.8 Å². The largest absolute Gasteiger partial charge is 0.486 e. The lowest BCUT2D eigenvalue weighted by molar-refractivity contribution is -0.153. The van der Waals surface area contributed by atoms with E-state index in [4.69, 9.17) is 19.2 Å². The number of thiazole rings is 1. The number of rotatable bonds is 13. The zero-order valence-corrected chi connectivity index (χ0v) is 29.7. The average molecular weight is 688 g/mol. The second kappa shape index (κ2) is 14.1. The number of para-hydroxylation sites is 1. The highest BCUT2D eigenvalue weighted by Gasteiger charge is 2.37. The number of hydrogen-bond donors (Lipinski definition) is 0. The lowest BCUT2D eigenvalue weighted by Crippen LogP contribution is -2.31. The van der Waals surface area contributed by atoms with Crippen LogP contribution in [0.3, 0.4) is 0 Å². The fourth-order valence-electron chi connectivity index (χ4n) is 6.59. The highest BCUT2D eigenvalue weighted by molar-refractivity contribution is 7.18. The number of pyridine rings is 1. The molecule has 1 aliphatic carbocycles. The van der Waals surface area contributed by atoms with E-state index >= 15 is 0 Å². The summed E-state index contributed by atoms with van der Waals surface area (Å²) in [7, 11) is 1.60. The summed E-state index contributed by atoms with van der Waals surface area (Å²) in [6, 6.07) is 26.3. The Morgan fingerprint density at radius 3 is 2.44 bits per heavy atom. The summed E-state index contributed by atoms with van der Waals surface area (Å²) in [5.74, 6) is 1.07. The van der Waals surface area contributed by atoms with Crippen LogP contribution in [0.5, 0.6) is 11.6 Å². The van der Waals surface area contributed by atoms with Gasteiger partial charge in [-0.2, -0.15) is 0 Å². The molecule has 0 N–H and O–H groups in total. The number of benzene rings is 3. The van der Waals surface area contributed by atoms with Crippen LogP contribution in [-0.2, 0) is 29.1 Å². The van der Waals surface area contributed by atoms with Crippen molar-refractivity contribution >= 4 is 44.2 Å². The minimum absolute atomic E-state index is 0.0248. The summed E-state index contributed by atoms with van der Waals surface area (Å²) >= 11 is 1.62. The number of methoxy groups -OCH3 is 1. The number of Topliss-reactive ketones (excluding diaryl/α,β-unsaturated/α-hetero) is 1. The Morgan fingerprint density at radius 2 is 1.76 bits per heavy atom. The molecule has 0 amide bonds. The normalized spacial score (nSPS) is 13.4. The van der Waals surface area contributed by atoms with Crippen molar-refractivity contribution in [2.75, 3.05) is 13.7 Å². The van der Waals surface area contributed by atoms with Crippen LogP contribution in [0.1, 0.15) is 66.7 Å². The smallest absolute Gasteiger partial charge is 0.311 e. The van der Waals surface area contributed by atoms with Gasteiger partial charge >= 0.3 is 5.97 Å². The molecule has 0 aliphatic heterocycles. The van der Waals surface area contributed by atoms with Crippen LogP contribution in [0.15, 0.2) is 85.1 Å². The van der Waals surface area contributed by atoms with Gasteiger partial charge in [0, 0.05) is 58.9 Å². The van der Waals surface area contributed by atoms with Gasteiger partial charge in [-0.15, -0.1) is 11.3 Å². The van der Waals surface area contributed by atoms with Gasteiger partial charge in [0.25, 0.3) is 0 Å². The van der Waals surface area contributed by atoms with Crippen molar-refractivity contribution in [1.82, 2.24) is 14.5 Å². The number of ketones is 1. The van der Waals surface area contributed by atoms with Crippen LogP contribution >= 0.6 is 11.3 Å². The Bertz CT molecular complexity index is 2130. The molecular weight excluding hydrogens is 647 g/mol. The first-order valence-corrected chi connectivity index (χ1v) is 18.0. The van der Waals surface area contributed by atoms with Crippen molar-refractivity contribution in [1.29, 1.82) is 0 Å². The third kappa shape index (κ3) is 6.74. The highest BCUT2D eigenvalue weighted by Crippen LogP contribution is 2.40. The van der Waals surface area contributed by atoms with Crippen molar-refractivity contribution in [2.45, 2.75) is 59.6 Å². The van der Waals surface area contributed by atoms with Crippen LogP contribution in [0.4, 0.5) is 0 Å². The molecule has 50 heavy (non-hydrogen) atoms. The standard InChI is InChI=1S/C41H41N3O5S/c1-5-48-40(46)41(2,3)22-34-38(39(45)28-9-8-10-28)31-21-30(49-25-37-43-32-11-6-7-12-35(32)50-37)18-19-33(31)44(34)24-26-13-15-27(16-14-26)29-17-20-36(47-4)42-23-29/h6-7,11-21,23,28H,5,8-10,22,24-25H2,1-4H3. The molecule has 0 bridgehead atoms. The molecule has 0 spiro atoms. The topological polar surface area (TPSA) is 92.5 Å². The molecule has 0 unspecified atom stereocenters. The molecule has 1 saturated carbocycles. The lowest BCUT2D eigenvalue weighted by Gasteiger charge is -2.27. The first kappa shape index (κ1) is 33.5. The zero-order chi connectivity index (χ0) is 34.8. The Labute approximate surface area is 296 Å². The summed E-state index contributed by atoms with van der Waals surface area (Å²) in [5.41, 5.74) is 5.68. The fourth-order valence-corrected chi connectivity index (χ4v) is 7.47. The van der Waals surface area contributed by atoms with E-state index in [2.05, 4.69) is 39.9 Å². The number of fused-ring (bicyclic) bond motifs is 2. The molecule has 1 aliphatic rings.